The van der Waals surface area contributed by atoms with Crippen LogP contribution in [0.2, 0.25) is 0 Å². The maximum Gasteiger partial charge on any atom is 0.165 e. The molecule has 0 unspecified atom stereocenters. The van der Waals surface area contributed by atoms with Crippen LogP contribution in [0.3, 0.4) is 0 Å². The van der Waals surface area contributed by atoms with E-state index in [0.29, 0.717) is 12.4 Å². The van der Waals surface area contributed by atoms with Gasteiger partial charge in [0.25, 0.3) is 0 Å². The Bertz CT molecular complexity index is 380. The van der Waals surface area contributed by atoms with Crippen molar-refractivity contribution < 1.29 is 9.13 Å². The summed E-state index contributed by atoms with van der Waals surface area (Å²) >= 11 is 3.30. The molecule has 0 atom stereocenters. The SMILES string of the molecule is Fc1ccc(Br)cc1OCCNCC1CCCC1. The maximum atomic E-state index is 13.4. The molecule has 18 heavy (non-hydrogen) atoms. The summed E-state index contributed by atoms with van der Waals surface area (Å²) in [5.74, 6) is 0.827. The largest absolute Gasteiger partial charge is 0.489 e. The van der Waals surface area contributed by atoms with Crippen LogP contribution in [0.5, 0.6) is 5.75 Å². The number of rotatable bonds is 6. The minimum atomic E-state index is -0.311. The highest BCUT2D eigenvalue weighted by Crippen LogP contribution is 2.24. The number of nitrogens with one attached hydrogen (secondary N) is 1. The second-order valence-corrected chi connectivity index (χ2v) is 5.69. The fraction of sp³-hybridized carbons (Fsp3) is 0.571. The molecule has 1 fully saturated rings. The zero-order valence-corrected chi connectivity index (χ0v) is 12.0. The maximum absolute atomic E-state index is 13.4. The highest BCUT2D eigenvalue weighted by molar-refractivity contribution is 9.10. The van der Waals surface area contributed by atoms with Crippen LogP contribution >= 0.6 is 15.9 Å². The number of ether oxygens (including phenoxy) is 1. The third-order valence-electron chi connectivity index (χ3n) is 3.34. The van der Waals surface area contributed by atoms with Crippen molar-refractivity contribution in [3.8, 4) is 5.75 Å². The first-order valence-corrected chi connectivity index (χ1v) is 7.33. The van der Waals surface area contributed by atoms with E-state index in [1.165, 1.54) is 31.7 Å². The Kier molecular flexibility index (Phi) is 5.45. The van der Waals surface area contributed by atoms with Gasteiger partial charge in [-0.15, -0.1) is 0 Å². The summed E-state index contributed by atoms with van der Waals surface area (Å²) in [7, 11) is 0. The highest BCUT2D eigenvalue weighted by atomic mass is 79.9. The molecule has 0 saturated heterocycles. The van der Waals surface area contributed by atoms with Gasteiger partial charge in [0.15, 0.2) is 11.6 Å². The van der Waals surface area contributed by atoms with Crippen molar-refractivity contribution in [1.29, 1.82) is 0 Å². The molecular weight excluding hydrogens is 297 g/mol. The molecule has 1 saturated carbocycles. The van der Waals surface area contributed by atoms with Crippen LogP contribution in [-0.2, 0) is 0 Å². The Labute approximate surface area is 116 Å². The van der Waals surface area contributed by atoms with Crippen LogP contribution in [0, 0.1) is 11.7 Å². The molecule has 0 aliphatic heterocycles. The van der Waals surface area contributed by atoms with Gasteiger partial charge in [0.1, 0.15) is 6.61 Å². The lowest BCUT2D eigenvalue weighted by Gasteiger charge is -2.11. The first-order valence-electron chi connectivity index (χ1n) is 6.54. The monoisotopic (exact) mass is 315 g/mol. The van der Waals surface area contributed by atoms with Gasteiger partial charge in [-0.3, -0.25) is 0 Å². The Morgan fingerprint density at radius 2 is 2.11 bits per heavy atom. The lowest BCUT2D eigenvalue weighted by Crippen LogP contribution is -2.26. The van der Waals surface area contributed by atoms with Crippen molar-refractivity contribution in [3.05, 3.63) is 28.5 Å². The van der Waals surface area contributed by atoms with Gasteiger partial charge < -0.3 is 10.1 Å². The van der Waals surface area contributed by atoms with E-state index in [0.717, 1.165) is 23.5 Å². The summed E-state index contributed by atoms with van der Waals surface area (Å²) in [5, 5.41) is 3.37. The summed E-state index contributed by atoms with van der Waals surface area (Å²) in [6, 6.07) is 4.73. The number of benzene rings is 1. The Balaban J connectivity index is 1.64. The zero-order chi connectivity index (χ0) is 12.8. The van der Waals surface area contributed by atoms with Gasteiger partial charge in [-0.25, -0.2) is 4.39 Å². The van der Waals surface area contributed by atoms with E-state index in [1.54, 1.807) is 12.1 Å². The molecule has 0 bridgehead atoms. The predicted octanol–water partition coefficient (Wildman–Crippen LogP) is 3.75. The molecule has 0 aromatic heterocycles. The number of halogens is 2. The number of hydrogen-bond acceptors (Lipinski definition) is 2. The van der Waals surface area contributed by atoms with E-state index in [-0.39, 0.29) is 5.82 Å². The lowest BCUT2D eigenvalue weighted by atomic mass is 10.1. The molecule has 2 rings (SSSR count). The molecule has 0 spiro atoms. The van der Waals surface area contributed by atoms with Crippen molar-refractivity contribution in [2.75, 3.05) is 19.7 Å². The van der Waals surface area contributed by atoms with Gasteiger partial charge in [-0.2, -0.15) is 0 Å². The minimum Gasteiger partial charge on any atom is -0.489 e. The van der Waals surface area contributed by atoms with Crippen molar-refractivity contribution in [2.45, 2.75) is 25.7 Å². The van der Waals surface area contributed by atoms with Crippen LogP contribution in [0.25, 0.3) is 0 Å². The standard InChI is InChI=1S/C14H19BrFNO/c15-12-5-6-13(16)14(9-12)18-8-7-17-10-11-3-1-2-4-11/h5-6,9,11,17H,1-4,7-8,10H2. The van der Waals surface area contributed by atoms with Crippen molar-refractivity contribution in [2.24, 2.45) is 5.92 Å². The van der Waals surface area contributed by atoms with Crippen LogP contribution in [0.15, 0.2) is 22.7 Å². The molecular formula is C14H19BrFNO. The molecule has 0 amide bonds. The average Bonchev–Trinajstić information content (AvgIpc) is 2.86. The van der Waals surface area contributed by atoms with Crippen LogP contribution < -0.4 is 10.1 Å². The van der Waals surface area contributed by atoms with Gasteiger partial charge in [-0.1, -0.05) is 28.8 Å². The minimum absolute atomic E-state index is 0.311. The predicted molar refractivity (Wildman–Crippen MR) is 74.4 cm³/mol. The molecule has 2 nitrogen and oxygen atoms in total. The second kappa shape index (κ2) is 7.10. The van der Waals surface area contributed by atoms with Gasteiger partial charge in [-0.05, 0) is 43.5 Å². The smallest absolute Gasteiger partial charge is 0.165 e. The molecule has 0 radical (unpaired) electrons. The van der Waals surface area contributed by atoms with E-state index in [1.807, 2.05) is 0 Å². The molecule has 4 heteroatoms. The normalized spacial score (nSPS) is 16.1. The summed E-state index contributed by atoms with van der Waals surface area (Å²) in [6.45, 7) is 2.33. The molecule has 1 N–H and O–H groups in total. The summed E-state index contributed by atoms with van der Waals surface area (Å²) in [6.07, 6.45) is 5.42. The third kappa shape index (κ3) is 4.25. The molecule has 1 aliphatic carbocycles. The molecule has 0 heterocycles. The highest BCUT2D eigenvalue weighted by Gasteiger charge is 2.13. The van der Waals surface area contributed by atoms with E-state index in [2.05, 4.69) is 21.2 Å². The molecule has 1 aliphatic rings. The molecule has 1 aromatic carbocycles. The van der Waals surface area contributed by atoms with Crippen molar-refractivity contribution in [3.63, 3.8) is 0 Å². The van der Waals surface area contributed by atoms with E-state index < -0.39 is 0 Å². The fourth-order valence-electron chi connectivity index (χ4n) is 2.34. The van der Waals surface area contributed by atoms with Crippen molar-refractivity contribution in [1.82, 2.24) is 5.32 Å². The third-order valence-corrected chi connectivity index (χ3v) is 3.83. The average molecular weight is 316 g/mol. The summed E-state index contributed by atoms with van der Waals surface area (Å²) < 4.78 is 19.6. The van der Waals surface area contributed by atoms with Gasteiger partial charge >= 0.3 is 0 Å². The van der Waals surface area contributed by atoms with E-state index in [4.69, 9.17) is 4.74 Å². The van der Waals surface area contributed by atoms with Gasteiger partial charge in [0.2, 0.25) is 0 Å². The van der Waals surface area contributed by atoms with Gasteiger partial charge in [0.05, 0.1) is 0 Å². The quantitative estimate of drug-likeness (QED) is 0.807. The first kappa shape index (κ1) is 13.8. The van der Waals surface area contributed by atoms with Gasteiger partial charge in [0, 0.05) is 11.0 Å². The first-order chi connectivity index (χ1) is 8.75. The van der Waals surface area contributed by atoms with E-state index in [9.17, 15) is 4.39 Å². The Morgan fingerprint density at radius 3 is 2.89 bits per heavy atom. The topological polar surface area (TPSA) is 21.3 Å². The van der Waals surface area contributed by atoms with Crippen LogP contribution in [0.4, 0.5) is 4.39 Å². The Morgan fingerprint density at radius 1 is 1.33 bits per heavy atom. The van der Waals surface area contributed by atoms with Crippen LogP contribution in [0.1, 0.15) is 25.7 Å². The van der Waals surface area contributed by atoms with Crippen molar-refractivity contribution >= 4 is 15.9 Å². The van der Waals surface area contributed by atoms with Crippen LogP contribution in [-0.4, -0.2) is 19.7 Å². The fourth-order valence-corrected chi connectivity index (χ4v) is 2.68. The van der Waals surface area contributed by atoms with E-state index >= 15 is 0 Å². The lowest BCUT2D eigenvalue weighted by molar-refractivity contribution is 0.294. The molecule has 1 aromatic rings. The Hall–Kier alpha value is -0.610. The zero-order valence-electron chi connectivity index (χ0n) is 10.4. The second-order valence-electron chi connectivity index (χ2n) is 4.78. The summed E-state index contributed by atoms with van der Waals surface area (Å²) in [4.78, 5) is 0. The summed E-state index contributed by atoms with van der Waals surface area (Å²) in [5.41, 5.74) is 0. The molecule has 100 valence electrons. The number of hydrogen-bond donors (Lipinski definition) is 1.